The molecular weight excluding hydrogens is 246 g/mol. The summed E-state index contributed by atoms with van der Waals surface area (Å²) in [6.07, 6.45) is 1.16. The summed E-state index contributed by atoms with van der Waals surface area (Å²) >= 11 is 0. The van der Waals surface area contributed by atoms with Crippen LogP contribution in [0.4, 0.5) is 0 Å². The second-order valence-electron chi connectivity index (χ2n) is 4.42. The number of carbonyl (C=O) groups excluding carboxylic acids is 1. The number of carboxylic acids is 1. The maximum atomic E-state index is 11.0. The van der Waals surface area contributed by atoms with Crippen molar-refractivity contribution in [1.82, 2.24) is 4.90 Å². The molecule has 1 rings (SSSR count). The highest BCUT2D eigenvalue weighted by atomic mass is 16.5. The van der Waals surface area contributed by atoms with Crippen LogP contribution in [-0.2, 0) is 16.1 Å². The van der Waals surface area contributed by atoms with E-state index in [4.69, 9.17) is 5.11 Å². The molecule has 0 saturated carbocycles. The van der Waals surface area contributed by atoms with Crippen molar-refractivity contribution in [3.8, 4) is 0 Å². The molecule has 104 valence electrons. The average Bonchev–Trinajstić information content (AvgIpc) is 2.39. The molecule has 0 aliphatic rings. The SMILES string of the molecule is COC(=O)CCCN(C)Cc1ccc(C(=O)O)cc1. The van der Waals surface area contributed by atoms with E-state index in [2.05, 4.69) is 9.64 Å². The van der Waals surface area contributed by atoms with Gasteiger partial charge in [0.15, 0.2) is 0 Å². The van der Waals surface area contributed by atoms with Gasteiger partial charge in [-0.05, 0) is 37.7 Å². The fraction of sp³-hybridized carbons (Fsp3) is 0.429. The molecule has 0 atom stereocenters. The molecule has 0 bridgehead atoms. The molecule has 0 amide bonds. The number of aromatic carboxylic acids is 1. The molecule has 5 heteroatoms. The first-order valence-corrected chi connectivity index (χ1v) is 6.10. The first kappa shape index (κ1) is 15.2. The van der Waals surface area contributed by atoms with Crippen LogP contribution in [0.25, 0.3) is 0 Å². The number of nitrogens with zero attached hydrogens (tertiary/aromatic N) is 1. The Bertz CT molecular complexity index is 428. The van der Waals surface area contributed by atoms with Crippen LogP contribution in [0.1, 0.15) is 28.8 Å². The second kappa shape index (κ2) is 7.53. The molecule has 1 aromatic rings. The molecule has 5 nitrogen and oxygen atoms in total. The molecule has 0 aromatic heterocycles. The van der Waals surface area contributed by atoms with Crippen molar-refractivity contribution in [2.45, 2.75) is 19.4 Å². The van der Waals surface area contributed by atoms with Crippen molar-refractivity contribution in [2.24, 2.45) is 0 Å². The molecule has 19 heavy (non-hydrogen) atoms. The smallest absolute Gasteiger partial charge is 0.335 e. The van der Waals surface area contributed by atoms with Crippen LogP contribution in [-0.4, -0.2) is 42.6 Å². The van der Waals surface area contributed by atoms with E-state index in [0.29, 0.717) is 6.42 Å². The van der Waals surface area contributed by atoms with Gasteiger partial charge in [0.1, 0.15) is 0 Å². The predicted molar refractivity (Wildman–Crippen MR) is 71.0 cm³/mol. The van der Waals surface area contributed by atoms with E-state index >= 15 is 0 Å². The first-order chi connectivity index (χ1) is 9.02. The van der Waals surface area contributed by atoms with E-state index in [-0.39, 0.29) is 11.5 Å². The molecule has 0 radical (unpaired) electrons. The Morgan fingerprint density at radius 2 is 1.89 bits per heavy atom. The number of esters is 1. The van der Waals surface area contributed by atoms with E-state index in [9.17, 15) is 9.59 Å². The summed E-state index contributed by atoms with van der Waals surface area (Å²) in [6, 6.07) is 6.81. The van der Waals surface area contributed by atoms with Gasteiger partial charge in [0.25, 0.3) is 0 Å². The Morgan fingerprint density at radius 3 is 2.42 bits per heavy atom. The second-order valence-corrected chi connectivity index (χ2v) is 4.42. The Balaban J connectivity index is 2.37. The van der Waals surface area contributed by atoms with Gasteiger partial charge in [0.05, 0.1) is 12.7 Å². The zero-order valence-corrected chi connectivity index (χ0v) is 11.3. The number of rotatable bonds is 7. The lowest BCUT2D eigenvalue weighted by molar-refractivity contribution is -0.140. The van der Waals surface area contributed by atoms with Gasteiger partial charge in [-0.3, -0.25) is 4.79 Å². The monoisotopic (exact) mass is 265 g/mol. The molecule has 1 N–H and O–H groups in total. The number of carboxylic acid groups (broad SMARTS) is 1. The lowest BCUT2D eigenvalue weighted by Gasteiger charge is -2.16. The number of methoxy groups -OCH3 is 1. The molecule has 0 unspecified atom stereocenters. The predicted octanol–water partition coefficient (Wildman–Crippen LogP) is 1.77. The van der Waals surface area contributed by atoms with E-state index < -0.39 is 5.97 Å². The number of carbonyl (C=O) groups is 2. The number of hydrogen-bond acceptors (Lipinski definition) is 4. The number of hydrogen-bond donors (Lipinski definition) is 1. The van der Waals surface area contributed by atoms with Gasteiger partial charge in [-0.1, -0.05) is 12.1 Å². The lowest BCUT2D eigenvalue weighted by Crippen LogP contribution is -2.20. The summed E-state index contributed by atoms with van der Waals surface area (Å²) in [5.41, 5.74) is 1.34. The topological polar surface area (TPSA) is 66.8 Å². The molecular formula is C14H19NO4. The van der Waals surface area contributed by atoms with Gasteiger partial charge >= 0.3 is 11.9 Å². The third-order valence-electron chi connectivity index (χ3n) is 2.80. The minimum Gasteiger partial charge on any atom is -0.478 e. The molecule has 0 spiro atoms. The maximum absolute atomic E-state index is 11.0. The summed E-state index contributed by atoms with van der Waals surface area (Å²) < 4.78 is 4.57. The average molecular weight is 265 g/mol. The van der Waals surface area contributed by atoms with Crippen molar-refractivity contribution < 1.29 is 19.4 Å². The number of benzene rings is 1. The Morgan fingerprint density at radius 1 is 1.26 bits per heavy atom. The van der Waals surface area contributed by atoms with E-state index in [1.807, 2.05) is 7.05 Å². The van der Waals surface area contributed by atoms with Crippen LogP contribution >= 0.6 is 0 Å². The maximum Gasteiger partial charge on any atom is 0.335 e. The Kier molecular flexibility index (Phi) is 6.02. The largest absolute Gasteiger partial charge is 0.478 e. The van der Waals surface area contributed by atoms with Gasteiger partial charge in [-0.15, -0.1) is 0 Å². The molecule has 0 saturated heterocycles. The zero-order valence-electron chi connectivity index (χ0n) is 11.3. The molecule has 0 aliphatic heterocycles. The van der Waals surface area contributed by atoms with Gasteiger partial charge < -0.3 is 14.7 Å². The first-order valence-electron chi connectivity index (χ1n) is 6.10. The molecule has 0 fully saturated rings. The highest BCUT2D eigenvalue weighted by Crippen LogP contribution is 2.07. The summed E-state index contributed by atoms with van der Waals surface area (Å²) in [5.74, 6) is -1.11. The highest BCUT2D eigenvalue weighted by molar-refractivity contribution is 5.87. The van der Waals surface area contributed by atoms with Crippen LogP contribution in [0.2, 0.25) is 0 Å². The summed E-state index contributed by atoms with van der Waals surface area (Å²) in [6.45, 7) is 1.51. The van der Waals surface area contributed by atoms with Crippen LogP contribution < -0.4 is 0 Å². The van der Waals surface area contributed by atoms with E-state index in [0.717, 1.165) is 25.1 Å². The normalized spacial score (nSPS) is 10.5. The standard InChI is InChI=1S/C14H19NO4/c1-15(9-3-4-13(16)19-2)10-11-5-7-12(8-6-11)14(17)18/h5-8H,3-4,9-10H2,1-2H3,(H,17,18). The van der Waals surface area contributed by atoms with Gasteiger partial charge in [-0.2, -0.15) is 0 Å². The van der Waals surface area contributed by atoms with Crippen molar-refractivity contribution in [1.29, 1.82) is 0 Å². The van der Waals surface area contributed by atoms with Crippen molar-refractivity contribution >= 4 is 11.9 Å². The minimum atomic E-state index is -0.919. The van der Waals surface area contributed by atoms with Crippen molar-refractivity contribution in [2.75, 3.05) is 20.7 Å². The van der Waals surface area contributed by atoms with E-state index in [1.54, 1.807) is 24.3 Å². The van der Waals surface area contributed by atoms with Gasteiger partial charge in [0, 0.05) is 13.0 Å². The summed E-state index contributed by atoms with van der Waals surface area (Å²) in [5, 5.41) is 8.79. The third kappa shape index (κ3) is 5.52. The highest BCUT2D eigenvalue weighted by Gasteiger charge is 2.05. The minimum absolute atomic E-state index is 0.195. The summed E-state index contributed by atoms with van der Waals surface area (Å²) in [4.78, 5) is 23.8. The van der Waals surface area contributed by atoms with Crippen LogP contribution in [0.3, 0.4) is 0 Å². The van der Waals surface area contributed by atoms with Crippen LogP contribution in [0.5, 0.6) is 0 Å². The molecule has 0 aliphatic carbocycles. The Hall–Kier alpha value is -1.88. The van der Waals surface area contributed by atoms with Crippen LogP contribution in [0.15, 0.2) is 24.3 Å². The zero-order chi connectivity index (χ0) is 14.3. The molecule has 0 heterocycles. The number of ether oxygens (including phenoxy) is 1. The fourth-order valence-electron chi connectivity index (χ4n) is 1.74. The Labute approximate surface area is 112 Å². The van der Waals surface area contributed by atoms with Gasteiger partial charge in [0.2, 0.25) is 0 Å². The fourth-order valence-corrected chi connectivity index (χ4v) is 1.74. The quantitative estimate of drug-likeness (QED) is 0.761. The van der Waals surface area contributed by atoms with Crippen molar-refractivity contribution in [3.05, 3.63) is 35.4 Å². The summed E-state index contributed by atoms with van der Waals surface area (Å²) in [7, 11) is 3.35. The molecule has 1 aromatic carbocycles. The van der Waals surface area contributed by atoms with E-state index in [1.165, 1.54) is 7.11 Å². The van der Waals surface area contributed by atoms with Gasteiger partial charge in [-0.25, -0.2) is 4.79 Å². The third-order valence-corrected chi connectivity index (χ3v) is 2.80. The van der Waals surface area contributed by atoms with Crippen molar-refractivity contribution in [3.63, 3.8) is 0 Å². The van der Waals surface area contributed by atoms with Crippen LogP contribution in [0, 0.1) is 0 Å². The lowest BCUT2D eigenvalue weighted by atomic mass is 10.1.